The van der Waals surface area contributed by atoms with E-state index in [2.05, 4.69) is 31.0 Å². The van der Waals surface area contributed by atoms with Crippen LogP contribution in [0.2, 0.25) is 0 Å². The SMILES string of the molecule is CCN(CCC(C)(NC(C)C)C(N)=O)C(C)C. The number of nitrogens with zero attached hydrogens (tertiary/aromatic N) is 1. The number of carbonyl (C=O) groups excluding carboxylic acids is 1. The summed E-state index contributed by atoms with van der Waals surface area (Å²) in [5.41, 5.74) is 4.89. The highest BCUT2D eigenvalue weighted by atomic mass is 16.1. The highest BCUT2D eigenvalue weighted by molar-refractivity contribution is 5.84. The first kappa shape index (κ1) is 16.4. The summed E-state index contributed by atoms with van der Waals surface area (Å²) in [5.74, 6) is -0.272. The van der Waals surface area contributed by atoms with Gasteiger partial charge in [-0.2, -0.15) is 0 Å². The number of carbonyl (C=O) groups is 1. The Kier molecular flexibility index (Phi) is 6.72. The van der Waals surface area contributed by atoms with Crippen LogP contribution >= 0.6 is 0 Å². The number of primary amides is 1. The van der Waals surface area contributed by atoms with Crippen molar-refractivity contribution in [2.24, 2.45) is 5.73 Å². The lowest BCUT2D eigenvalue weighted by Crippen LogP contribution is -2.57. The Hall–Kier alpha value is -0.610. The van der Waals surface area contributed by atoms with Crippen LogP contribution in [-0.2, 0) is 4.79 Å². The molecule has 102 valence electrons. The molecule has 0 rings (SSSR count). The van der Waals surface area contributed by atoms with Crippen LogP contribution in [-0.4, -0.2) is 41.5 Å². The minimum Gasteiger partial charge on any atom is -0.368 e. The fourth-order valence-corrected chi connectivity index (χ4v) is 2.05. The van der Waals surface area contributed by atoms with Crippen molar-refractivity contribution in [3.8, 4) is 0 Å². The molecule has 1 amide bonds. The van der Waals surface area contributed by atoms with Crippen molar-refractivity contribution in [1.29, 1.82) is 0 Å². The van der Waals surface area contributed by atoms with Gasteiger partial charge in [-0.05, 0) is 47.6 Å². The summed E-state index contributed by atoms with van der Waals surface area (Å²) in [6.07, 6.45) is 0.743. The van der Waals surface area contributed by atoms with Crippen molar-refractivity contribution in [2.45, 2.75) is 65.6 Å². The molecule has 17 heavy (non-hydrogen) atoms. The lowest BCUT2D eigenvalue weighted by atomic mass is 9.95. The van der Waals surface area contributed by atoms with Crippen molar-refractivity contribution in [3.05, 3.63) is 0 Å². The fraction of sp³-hybridized carbons (Fsp3) is 0.923. The van der Waals surface area contributed by atoms with Gasteiger partial charge in [0.05, 0.1) is 5.54 Å². The lowest BCUT2D eigenvalue weighted by Gasteiger charge is -2.33. The largest absolute Gasteiger partial charge is 0.368 e. The summed E-state index contributed by atoms with van der Waals surface area (Å²) in [6.45, 7) is 14.3. The Balaban J connectivity index is 4.50. The van der Waals surface area contributed by atoms with Gasteiger partial charge in [0.2, 0.25) is 5.91 Å². The Morgan fingerprint density at radius 3 is 2.18 bits per heavy atom. The van der Waals surface area contributed by atoms with Crippen LogP contribution in [0.1, 0.15) is 48.0 Å². The van der Waals surface area contributed by atoms with Gasteiger partial charge in [-0.3, -0.25) is 4.79 Å². The molecule has 0 fully saturated rings. The Bertz CT molecular complexity index is 241. The summed E-state index contributed by atoms with van der Waals surface area (Å²) in [4.78, 5) is 13.9. The zero-order valence-electron chi connectivity index (χ0n) is 12.2. The van der Waals surface area contributed by atoms with Crippen LogP contribution in [0.5, 0.6) is 0 Å². The van der Waals surface area contributed by atoms with Gasteiger partial charge in [-0.15, -0.1) is 0 Å². The van der Waals surface area contributed by atoms with Crippen LogP contribution < -0.4 is 11.1 Å². The molecule has 0 heterocycles. The Morgan fingerprint density at radius 2 is 1.88 bits per heavy atom. The maximum absolute atomic E-state index is 11.6. The lowest BCUT2D eigenvalue weighted by molar-refractivity contribution is -0.124. The Morgan fingerprint density at radius 1 is 1.35 bits per heavy atom. The highest BCUT2D eigenvalue weighted by Gasteiger charge is 2.31. The molecule has 1 unspecified atom stereocenters. The van der Waals surface area contributed by atoms with E-state index in [1.807, 2.05) is 20.8 Å². The van der Waals surface area contributed by atoms with E-state index in [0.29, 0.717) is 6.04 Å². The molecule has 4 nitrogen and oxygen atoms in total. The number of nitrogens with one attached hydrogen (secondary N) is 1. The third-order valence-electron chi connectivity index (χ3n) is 3.19. The van der Waals surface area contributed by atoms with Crippen LogP contribution in [0.25, 0.3) is 0 Å². The number of rotatable bonds is 8. The average molecular weight is 243 g/mol. The molecule has 0 bridgehead atoms. The van der Waals surface area contributed by atoms with Gasteiger partial charge in [0.1, 0.15) is 0 Å². The van der Waals surface area contributed by atoms with Gasteiger partial charge < -0.3 is 16.0 Å². The van der Waals surface area contributed by atoms with Crippen molar-refractivity contribution >= 4 is 5.91 Å². The Labute approximate surface area is 106 Å². The molecule has 1 atom stereocenters. The molecule has 0 aromatic rings. The molecule has 4 heteroatoms. The zero-order chi connectivity index (χ0) is 13.6. The number of hydrogen-bond acceptors (Lipinski definition) is 3. The van der Waals surface area contributed by atoms with Crippen LogP contribution in [0.4, 0.5) is 0 Å². The van der Waals surface area contributed by atoms with Crippen molar-refractivity contribution in [1.82, 2.24) is 10.2 Å². The van der Waals surface area contributed by atoms with E-state index < -0.39 is 5.54 Å². The third-order valence-corrected chi connectivity index (χ3v) is 3.19. The second kappa shape index (κ2) is 6.97. The smallest absolute Gasteiger partial charge is 0.237 e. The van der Waals surface area contributed by atoms with Gasteiger partial charge in [0.15, 0.2) is 0 Å². The maximum atomic E-state index is 11.6. The predicted molar refractivity (Wildman–Crippen MR) is 72.9 cm³/mol. The first-order valence-corrected chi connectivity index (χ1v) is 6.54. The zero-order valence-corrected chi connectivity index (χ0v) is 12.2. The summed E-state index contributed by atoms with van der Waals surface area (Å²) in [7, 11) is 0. The molecule has 0 radical (unpaired) electrons. The second-order valence-corrected chi connectivity index (χ2v) is 5.47. The van der Waals surface area contributed by atoms with E-state index >= 15 is 0 Å². The predicted octanol–water partition coefficient (Wildman–Crippen LogP) is 1.35. The summed E-state index contributed by atoms with van der Waals surface area (Å²) in [5, 5.41) is 3.27. The number of hydrogen-bond donors (Lipinski definition) is 2. The minimum absolute atomic E-state index is 0.252. The van der Waals surface area contributed by atoms with Crippen LogP contribution in [0.15, 0.2) is 0 Å². The quantitative estimate of drug-likeness (QED) is 0.676. The summed E-state index contributed by atoms with van der Waals surface area (Å²) >= 11 is 0. The molecule has 0 saturated carbocycles. The summed E-state index contributed by atoms with van der Waals surface area (Å²) < 4.78 is 0. The highest BCUT2D eigenvalue weighted by Crippen LogP contribution is 2.12. The van der Waals surface area contributed by atoms with Gasteiger partial charge in [0, 0.05) is 18.6 Å². The third kappa shape index (κ3) is 5.50. The van der Waals surface area contributed by atoms with Crippen LogP contribution in [0.3, 0.4) is 0 Å². The normalized spacial score (nSPS) is 15.6. The first-order chi connectivity index (χ1) is 7.73. The summed E-state index contributed by atoms with van der Waals surface area (Å²) in [6, 6.07) is 0.748. The number of nitrogens with two attached hydrogens (primary N) is 1. The molecule has 0 aliphatic heterocycles. The van der Waals surface area contributed by atoms with Gasteiger partial charge in [-0.1, -0.05) is 6.92 Å². The van der Waals surface area contributed by atoms with Gasteiger partial charge in [-0.25, -0.2) is 0 Å². The van der Waals surface area contributed by atoms with E-state index in [9.17, 15) is 4.79 Å². The second-order valence-electron chi connectivity index (χ2n) is 5.47. The molecule has 0 aromatic carbocycles. The minimum atomic E-state index is -0.615. The monoisotopic (exact) mass is 243 g/mol. The molecular formula is C13H29N3O. The molecule has 0 saturated heterocycles. The molecule has 0 aliphatic rings. The van der Waals surface area contributed by atoms with Crippen molar-refractivity contribution in [3.63, 3.8) is 0 Å². The van der Waals surface area contributed by atoms with Crippen molar-refractivity contribution < 1.29 is 4.79 Å². The van der Waals surface area contributed by atoms with E-state index in [0.717, 1.165) is 19.5 Å². The average Bonchev–Trinajstić information content (AvgIpc) is 2.16. The van der Waals surface area contributed by atoms with Crippen LogP contribution in [0, 0.1) is 0 Å². The molecule has 0 spiro atoms. The van der Waals surface area contributed by atoms with E-state index in [-0.39, 0.29) is 11.9 Å². The fourth-order valence-electron chi connectivity index (χ4n) is 2.05. The standard InChI is InChI=1S/C13H29N3O/c1-7-16(11(4)5)9-8-13(6,12(14)17)15-10(2)3/h10-11,15H,7-9H2,1-6H3,(H2,14,17). The maximum Gasteiger partial charge on any atom is 0.237 e. The van der Waals surface area contributed by atoms with E-state index in [1.165, 1.54) is 0 Å². The van der Waals surface area contributed by atoms with E-state index in [1.54, 1.807) is 0 Å². The molecule has 0 aliphatic carbocycles. The number of amides is 1. The van der Waals surface area contributed by atoms with Crippen molar-refractivity contribution in [2.75, 3.05) is 13.1 Å². The van der Waals surface area contributed by atoms with Gasteiger partial charge in [0.25, 0.3) is 0 Å². The molecular weight excluding hydrogens is 214 g/mol. The van der Waals surface area contributed by atoms with Gasteiger partial charge >= 0.3 is 0 Å². The first-order valence-electron chi connectivity index (χ1n) is 6.54. The molecule has 0 aromatic heterocycles. The molecule has 3 N–H and O–H groups in total. The topological polar surface area (TPSA) is 58.4 Å². The van der Waals surface area contributed by atoms with E-state index in [4.69, 9.17) is 5.73 Å².